The number of hydrogen-bond acceptors (Lipinski definition) is 5. The van der Waals surface area contributed by atoms with E-state index in [1.807, 2.05) is 13.8 Å². The molecule has 2 heterocycles. The first-order valence-electron chi connectivity index (χ1n) is 7.36. The van der Waals surface area contributed by atoms with Gasteiger partial charge in [-0.05, 0) is 31.6 Å². The normalized spacial score (nSPS) is 20.1. The zero-order chi connectivity index (χ0) is 15.5. The monoisotopic (exact) mass is 335 g/mol. The molecule has 1 aromatic heterocycles. The average Bonchev–Trinajstić information content (AvgIpc) is 2.79. The molecule has 0 aliphatic carbocycles. The molecular weight excluding hydrogens is 314 g/mol. The third-order valence-electron chi connectivity index (χ3n) is 3.52. The molecule has 0 bridgehead atoms. The van der Waals surface area contributed by atoms with Gasteiger partial charge in [0.15, 0.2) is 0 Å². The first-order chi connectivity index (χ1) is 9.88. The minimum atomic E-state index is -3.87. The summed E-state index contributed by atoms with van der Waals surface area (Å²) in [6, 6.07) is 0. The maximum absolute atomic E-state index is 11.6. The van der Waals surface area contributed by atoms with Gasteiger partial charge in [-0.25, -0.2) is 8.42 Å². The summed E-state index contributed by atoms with van der Waals surface area (Å²) in [5.41, 5.74) is 0. The summed E-state index contributed by atoms with van der Waals surface area (Å²) in [6.45, 7) is 5.37. The van der Waals surface area contributed by atoms with Crippen LogP contribution in [0.25, 0.3) is 0 Å². The van der Waals surface area contributed by atoms with Gasteiger partial charge < -0.3 is 9.30 Å². The molecule has 1 atom stereocenters. The van der Waals surface area contributed by atoms with E-state index >= 15 is 0 Å². The molecule has 1 aromatic rings. The van der Waals surface area contributed by atoms with Crippen molar-refractivity contribution in [2.75, 3.05) is 6.61 Å². The van der Waals surface area contributed by atoms with Crippen molar-refractivity contribution in [3.8, 4) is 0 Å². The summed E-state index contributed by atoms with van der Waals surface area (Å²) in [4.78, 5) is 0. The van der Waals surface area contributed by atoms with Crippen molar-refractivity contribution in [1.82, 2.24) is 14.8 Å². The van der Waals surface area contributed by atoms with Gasteiger partial charge in [-0.1, -0.05) is 13.8 Å². The molecular formula is C13H22ClN3O3S. The Morgan fingerprint density at radius 1 is 1.38 bits per heavy atom. The molecule has 0 saturated carbocycles. The Hall–Kier alpha value is -0.660. The van der Waals surface area contributed by atoms with Gasteiger partial charge in [0, 0.05) is 30.3 Å². The summed E-state index contributed by atoms with van der Waals surface area (Å²) in [7, 11) is 1.56. The lowest BCUT2D eigenvalue weighted by Gasteiger charge is -2.22. The highest BCUT2D eigenvalue weighted by atomic mass is 35.7. The van der Waals surface area contributed by atoms with E-state index in [9.17, 15) is 8.42 Å². The van der Waals surface area contributed by atoms with E-state index in [0.29, 0.717) is 18.8 Å². The number of nitrogens with zero attached hydrogens (tertiary/aromatic N) is 3. The Kier molecular flexibility index (Phi) is 5.62. The highest BCUT2D eigenvalue weighted by Gasteiger charge is 2.24. The first-order valence-corrected chi connectivity index (χ1v) is 9.67. The van der Waals surface area contributed by atoms with Crippen LogP contribution >= 0.6 is 10.7 Å². The van der Waals surface area contributed by atoms with Crippen molar-refractivity contribution in [1.29, 1.82) is 0 Å². The summed E-state index contributed by atoms with van der Waals surface area (Å²) in [5, 5.41) is 7.62. The van der Waals surface area contributed by atoms with E-state index in [2.05, 4.69) is 10.2 Å². The van der Waals surface area contributed by atoms with E-state index in [1.165, 1.54) is 6.42 Å². The Balaban J connectivity index is 2.12. The zero-order valence-electron chi connectivity index (χ0n) is 12.5. The van der Waals surface area contributed by atoms with Crippen LogP contribution in [0.5, 0.6) is 0 Å². The maximum Gasteiger partial charge on any atom is 0.296 e. The lowest BCUT2D eigenvalue weighted by molar-refractivity contribution is 0.0110. The third kappa shape index (κ3) is 4.66. The standard InChI is InChI=1S/C13H22ClN3O3S/c1-10(2)9-17-12(15-16-13(17)21(14,18)19)7-6-11-5-3-4-8-20-11/h10-11H,3-9H2,1-2H3. The number of hydrogen-bond donors (Lipinski definition) is 0. The summed E-state index contributed by atoms with van der Waals surface area (Å²) in [6.07, 6.45) is 5.08. The van der Waals surface area contributed by atoms with Crippen molar-refractivity contribution < 1.29 is 13.2 Å². The van der Waals surface area contributed by atoms with Crippen LogP contribution in [0, 0.1) is 5.92 Å². The lowest BCUT2D eigenvalue weighted by atomic mass is 10.0. The SMILES string of the molecule is CC(C)Cn1c(CCC2CCCCO2)nnc1S(=O)(=O)Cl. The summed E-state index contributed by atoms with van der Waals surface area (Å²) >= 11 is 0. The van der Waals surface area contributed by atoms with E-state index < -0.39 is 9.05 Å². The number of ether oxygens (including phenoxy) is 1. The molecule has 6 nitrogen and oxygen atoms in total. The lowest BCUT2D eigenvalue weighted by Crippen LogP contribution is -2.21. The molecule has 0 aromatic carbocycles. The Morgan fingerprint density at radius 3 is 2.71 bits per heavy atom. The first kappa shape index (κ1) is 16.7. The molecule has 1 aliphatic heterocycles. The van der Waals surface area contributed by atoms with Crippen LogP contribution in [0.15, 0.2) is 5.16 Å². The van der Waals surface area contributed by atoms with Crippen LogP contribution in [-0.2, 0) is 26.8 Å². The number of aryl methyl sites for hydroxylation is 1. The van der Waals surface area contributed by atoms with Gasteiger partial charge in [0.05, 0.1) is 6.10 Å². The second-order valence-electron chi connectivity index (χ2n) is 5.87. The zero-order valence-corrected chi connectivity index (χ0v) is 14.0. The van der Waals surface area contributed by atoms with Gasteiger partial charge in [-0.3, -0.25) is 0 Å². The highest BCUT2D eigenvalue weighted by Crippen LogP contribution is 2.20. The van der Waals surface area contributed by atoms with Crippen LogP contribution in [-0.4, -0.2) is 35.9 Å². The van der Waals surface area contributed by atoms with Crippen LogP contribution in [0.4, 0.5) is 0 Å². The van der Waals surface area contributed by atoms with Crippen molar-refractivity contribution >= 4 is 19.7 Å². The van der Waals surface area contributed by atoms with Crippen molar-refractivity contribution in [3.05, 3.63) is 5.82 Å². The fourth-order valence-corrected chi connectivity index (χ4v) is 3.48. The second kappa shape index (κ2) is 7.07. The topological polar surface area (TPSA) is 74.1 Å². The average molecular weight is 336 g/mol. The quantitative estimate of drug-likeness (QED) is 0.746. The minimum absolute atomic E-state index is 0.155. The highest BCUT2D eigenvalue weighted by molar-refractivity contribution is 8.13. The fourth-order valence-electron chi connectivity index (χ4n) is 2.56. The molecule has 8 heteroatoms. The van der Waals surface area contributed by atoms with Gasteiger partial charge >= 0.3 is 0 Å². The van der Waals surface area contributed by atoms with Crippen LogP contribution in [0.3, 0.4) is 0 Å². The molecule has 2 rings (SSSR count). The van der Waals surface area contributed by atoms with Gasteiger partial charge in [-0.15, -0.1) is 10.2 Å². The molecule has 1 fully saturated rings. The van der Waals surface area contributed by atoms with E-state index in [-0.39, 0.29) is 17.2 Å². The summed E-state index contributed by atoms with van der Waals surface area (Å²) in [5.74, 6) is 0.944. The van der Waals surface area contributed by atoms with Crippen molar-refractivity contribution in [2.24, 2.45) is 5.92 Å². The Labute approximate surface area is 130 Å². The third-order valence-corrected chi connectivity index (χ3v) is 4.68. The van der Waals surface area contributed by atoms with Crippen LogP contribution in [0.1, 0.15) is 45.4 Å². The van der Waals surface area contributed by atoms with Crippen LogP contribution in [0.2, 0.25) is 0 Å². The van der Waals surface area contributed by atoms with E-state index in [4.69, 9.17) is 15.4 Å². The molecule has 21 heavy (non-hydrogen) atoms. The Morgan fingerprint density at radius 2 is 2.14 bits per heavy atom. The number of aromatic nitrogens is 3. The molecule has 0 amide bonds. The van der Waals surface area contributed by atoms with E-state index in [0.717, 1.165) is 25.9 Å². The van der Waals surface area contributed by atoms with Gasteiger partial charge in [-0.2, -0.15) is 0 Å². The number of rotatable bonds is 6. The molecule has 1 unspecified atom stereocenters. The molecule has 1 saturated heterocycles. The second-order valence-corrected chi connectivity index (χ2v) is 8.33. The fraction of sp³-hybridized carbons (Fsp3) is 0.846. The van der Waals surface area contributed by atoms with Crippen LogP contribution < -0.4 is 0 Å². The molecule has 0 spiro atoms. The maximum atomic E-state index is 11.6. The van der Waals surface area contributed by atoms with Crippen molar-refractivity contribution in [2.45, 2.75) is 63.8 Å². The van der Waals surface area contributed by atoms with Gasteiger partial charge in [0.1, 0.15) is 5.82 Å². The number of halogens is 1. The molecule has 0 N–H and O–H groups in total. The minimum Gasteiger partial charge on any atom is -0.378 e. The summed E-state index contributed by atoms with van der Waals surface area (Å²) < 4.78 is 30.5. The Bertz CT molecular complexity index is 565. The predicted octanol–water partition coefficient (Wildman–Crippen LogP) is 2.36. The largest absolute Gasteiger partial charge is 0.378 e. The van der Waals surface area contributed by atoms with Crippen molar-refractivity contribution in [3.63, 3.8) is 0 Å². The molecule has 1 aliphatic rings. The van der Waals surface area contributed by atoms with Gasteiger partial charge in [0.25, 0.3) is 14.2 Å². The molecule has 120 valence electrons. The predicted molar refractivity (Wildman–Crippen MR) is 79.8 cm³/mol. The smallest absolute Gasteiger partial charge is 0.296 e. The molecule has 0 radical (unpaired) electrons. The van der Waals surface area contributed by atoms with E-state index in [1.54, 1.807) is 4.57 Å². The van der Waals surface area contributed by atoms with Gasteiger partial charge in [0.2, 0.25) is 0 Å².